The van der Waals surface area contributed by atoms with Gasteiger partial charge in [-0.3, -0.25) is 4.79 Å². The van der Waals surface area contributed by atoms with Crippen molar-refractivity contribution in [2.75, 3.05) is 26.2 Å². The molecule has 2 unspecified atom stereocenters. The van der Waals surface area contributed by atoms with E-state index in [-0.39, 0.29) is 5.91 Å². The topological polar surface area (TPSA) is 45.5 Å². The van der Waals surface area contributed by atoms with Crippen LogP contribution in [0, 0.1) is 18.8 Å². The predicted molar refractivity (Wildman–Crippen MR) is 63.8 cm³/mol. The van der Waals surface area contributed by atoms with Crippen LogP contribution in [0.2, 0.25) is 0 Å². The van der Waals surface area contributed by atoms with Gasteiger partial charge in [-0.1, -0.05) is 0 Å². The number of piperidine rings is 1. The summed E-state index contributed by atoms with van der Waals surface area (Å²) in [5.41, 5.74) is 0. The molecule has 4 heteroatoms. The summed E-state index contributed by atoms with van der Waals surface area (Å²) in [6, 6.07) is 3.62. The third kappa shape index (κ3) is 1.97. The third-order valence-corrected chi connectivity index (χ3v) is 3.94. The number of aryl methyl sites for hydroxylation is 1. The van der Waals surface area contributed by atoms with E-state index in [1.54, 1.807) is 6.07 Å². The number of hydrogen-bond acceptors (Lipinski definition) is 3. The first-order valence-electron chi connectivity index (χ1n) is 6.30. The molecule has 2 aliphatic heterocycles. The lowest BCUT2D eigenvalue weighted by Crippen LogP contribution is -2.43. The second-order valence-electron chi connectivity index (χ2n) is 5.13. The monoisotopic (exact) mass is 234 g/mol. The fraction of sp³-hybridized carbons (Fsp3) is 0.615. The number of carbonyl (C=O) groups is 1. The second kappa shape index (κ2) is 4.18. The van der Waals surface area contributed by atoms with Crippen molar-refractivity contribution in [3.63, 3.8) is 0 Å². The van der Waals surface area contributed by atoms with Gasteiger partial charge in [0.2, 0.25) is 0 Å². The molecule has 0 saturated carbocycles. The maximum absolute atomic E-state index is 12.2. The van der Waals surface area contributed by atoms with Gasteiger partial charge in [-0.25, -0.2) is 0 Å². The van der Waals surface area contributed by atoms with E-state index in [1.165, 1.54) is 0 Å². The molecule has 3 rings (SSSR count). The molecule has 92 valence electrons. The lowest BCUT2D eigenvalue weighted by atomic mass is 9.88. The van der Waals surface area contributed by atoms with E-state index in [9.17, 15) is 4.79 Å². The van der Waals surface area contributed by atoms with Crippen molar-refractivity contribution in [2.24, 2.45) is 11.8 Å². The van der Waals surface area contributed by atoms with Gasteiger partial charge in [-0.05, 0) is 50.4 Å². The Morgan fingerprint density at radius 1 is 1.41 bits per heavy atom. The highest BCUT2D eigenvalue weighted by Gasteiger charge is 2.35. The van der Waals surface area contributed by atoms with Gasteiger partial charge in [0.05, 0.1) is 0 Å². The molecule has 1 aromatic heterocycles. The van der Waals surface area contributed by atoms with E-state index < -0.39 is 0 Å². The van der Waals surface area contributed by atoms with Gasteiger partial charge in [0, 0.05) is 13.1 Å². The number of likely N-dealkylation sites (tertiary alicyclic amines) is 1. The second-order valence-corrected chi connectivity index (χ2v) is 5.13. The number of fused-ring (bicyclic) bond motifs is 1. The van der Waals surface area contributed by atoms with E-state index in [4.69, 9.17) is 4.42 Å². The number of nitrogens with zero attached hydrogens (tertiary/aromatic N) is 1. The van der Waals surface area contributed by atoms with Crippen molar-refractivity contribution >= 4 is 5.91 Å². The predicted octanol–water partition coefficient (Wildman–Crippen LogP) is 1.27. The van der Waals surface area contributed by atoms with E-state index in [0.29, 0.717) is 11.7 Å². The molecule has 2 saturated heterocycles. The molecule has 1 N–H and O–H groups in total. The maximum atomic E-state index is 12.2. The van der Waals surface area contributed by atoms with Crippen molar-refractivity contribution in [3.05, 3.63) is 23.7 Å². The molecule has 0 spiro atoms. The van der Waals surface area contributed by atoms with Gasteiger partial charge in [0.25, 0.3) is 5.91 Å². The summed E-state index contributed by atoms with van der Waals surface area (Å²) in [6.45, 7) is 5.76. The van der Waals surface area contributed by atoms with Gasteiger partial charge in [0.15, 0.2) is 5.76 Å². The molecule has 17 heavy (non-hydrogen) atoms. The van der Waals surface area contributed by atoms with Crippen molar-refractivity contribution in [1.29, 1.82) is 0 Å². The zero-order chi connectivity index (χ0) is 11.8. The normalized spacial score (nSPS) is 28.2. The standard InChI is InChI=1S/C13H18N2O2/c1-9-2-3-12(17-9)13(16)15-5-4-10-6-14-7-11(10)8-15/h2-3,10-11,14H,4-8H2,1H3. The van der Waals surface area contributed by atoms with Gasteiger partial charge >= 0.3 is 0 Å². The Kier molecular flexibility index (Phi) is 2.67. The molecule has 3 heterocycles. The Morgan fingerprint density at radius 2 is 2.24 bits per heavy atom. The first kappa shape index (κ1) is 10.8. The van der Waals surface area contributed by atoms with Gasteiger partial charge < -0.3 is 14.6 Å². The zero-order valence-electron chi connectivity index (χ0n) is 10.1. The fourth-order valence-corrected chi connectivity index (χ4v) is 2.92. The molecular weight excluding hydrogens is 216 g/mol. The average molecular weight is 234 g/mol. The van der Waals surface area contributed by atoms with Gasteiger partial charge in [-0.15, -0.1) is 0 Å². The SMILES string of the molecule is Cc1ccc(C(=O)N2CCC3CNCC3C2)o1. The number of nitrogens with one attached hydrogen (secondary N) is 1. The minimum Gasteiger partial charge on any atom is -0.456 e. The highest BCUT2D eigenvalue weighted by Crippen LogP contribution is 2.27. The minimum atomic E-state index is 0.0449. The summed E-state index contributed by atoms with van der Waals surface area (Å²) in [4.78, 5) is 14.2. The van der Waals surface area contributed by atoms with Crippen LogP contribution in [0.15, 0.2) is 16.5 Å². The van der Waals surface area contributed by atoms with Crippen LogP contribution in [-0.4, -0.2) is 37.0 Å². The Bertz CT molecular complexity index is 427. The van der Waals surface area contributed by atoms with Crippen LogP contribution in [0.5, 0.6) is 0 Å². The molecule has 4 nitrogen and oxygen atoms in total. The summed E-state index contributed by atoms with van der Waals surface area (Å²) in [6.07, 6.45) is 1.11. The van der Waals surface area contributed by atoms with E-state index in [2.05, 4.69) is 5.32 Å². The number of furan rings is 1. The zero-order valence-corrected chi connectivity index (χ0v) is 10.1. The molecule has 0 aliphatic carbocycles. The maximum Gasteiger partial charge on any atom is 0.289 e. The van der Waals surface area contributed by atoms with Crippen molar-refractivity contribution in [3.8, 4) is 0 Å². The first-order chi connectivity index (χ1) is 8.24. The number of amides is 1. The Hall–Kier alpha value is -1.29. The van der Waals surface area contributed by atoms with Crippen LogP contribution in [0.1, 0.15) is 22.7 Å². The molecular formula is C13H18N2O2. The van der Waals surface area contributed by atoms with Crippen LogP contribution in [-0.2, 0) is 0 Å². The van der Waals surface area contributed by atoms with E-state index in [0.717, 1.165) is 44.3 Å². The number of rotatable bonds is 1. The lowest BCUT2D eigenvalue weighted by Gasteiger charge is -2.33. The van der Waals surface area contributed by atoms with Crippen molar-refractivity contribution in [2.45, 2.75) is 13.3 Å². The van der Waals surface area contributed by atoms with E-state index >= 15 is 0 Å². The summed E-state index contributed by atoms with van der Waals surface area (Å²) in [5.74, 6) is 2.71. The number of hydrogen-bond donors (Lipinski definition) is 1. The van der Waals surface area contributed by atoms with Gasteiger partial charge in [-0.2, -0.15) is 0 Å². The van der Waals surface area contributed by atoms with Crippen LogP contribution in [0.4, 0.5) is 0 Å². The van der Waals surface area contributed by atoms with Crippen LogP contribution < -0.4 is 5.32 Å². The third-order valence-electron chi connectivity index (χ3n) is 3.94. The highest BCUT2D eigenvalue weighted by molar-refractivity contribution is 5.91. The molecule has 2 atom stereocenters. The Morgan fingerprint density at radius 3 is 3.00 bits per heavy atom. The molecule has 0 radical (unpaired) electrons. The lowest BCUT2D eigenvalue weighted by molar-refractivity contribution is 0.0609. The fourth-order valence-electron chi connectivity index (χ4n) is 2.92. The molecule has 1 aromatic rings. The van der Waals surface area contributed by atoms with Crippen molar-refractivity contribution < 1.29 is 9.21 Å². The highest BCUT2D eigenvalue weighted by atomic mass is 16.3. The molecule has 0 bridgehead atoms. The molecule has 1 amide bonds. The van der Waals surface area contributed by atoms with E-state index in [1.807, 2.05) is 17.9 Å². The van der Waals surface area contributed by atoms with Crippen LogP contribution in [0.25, 0.3) is 0 Å². The molecule has 2 aliphatic rings. The smallest absolute Gasteiger partial charge is 0.289 e. The summed E-state index contributed by atoms with van der Waals surface area (Å²) < 4.78 is 5.40. The Balaban J connectivity index is 1.70. The van der Waals surface area contributed by atoms with Gasteiger partial charge in [0.1, 0.15) is 5.76 Å². The minimum absolute atomic E-state index is 0.0449. The summed E-state index contributed by atoms with van der Waals surface area (Å²) in [5, 5.41) is 3.41. The van der Waals surface area contributed by atoms with Crippen molar-refractivity contribution in [1.82, 2.24) is 10.2 Å². The van der Waals surface area contributed by atoms with Crippen LogP contribution in [0.3, 0.4) is 0 Å². The summed E-state index contributed by atoms with van der Waals surface area (Å²) >= 11 is 0. The average Bonchev–Trinajstić information content (AvgIpc) is 2.95. The summed E-state index contributed by atoms with van der Waals surface area (Å²) in [7, 11) is 0. The largest absolute Gasteiger partial charge is 0.456 e. The van der Waals surface area contributed by atoms with Crippen LogP contribution >= 0.6 is 0 Å². The molecule has 2 fully saturated rings. The quantitative estimate of drug-likeness (QED) is 0.796. The first-order valence-corrected chi connectivity index (χ1v) is 6.30. The number of carbonyl (C=O) groups excluding carboxylic acids is 1. The molecule has 0 aromatic carbocycles. The Labute approximate surface area is 101 Å².